The van der Waals surface area contributed by atoms with Crippen molar-refractivity contribution in [1.82, 2.24) is 10.3 Å². The first kappa shape index (κ1) is 16.3. The predicted molar refractivity (Wildman–Crippen MR) is 87.8 cm³/mol. The lowest BCUT2D eigenvalue weighted by molar-refractivity contribution is 0.225. The molecule has 1 heterocycles. The van der Waals surface area contributed by atoms with Gasteiger partial charge in [0.1, 0.15) is 5.75 Å². The summed E-state index contributed by atoms with van der Waals surface area (Å²) in [6.07, 6.45) is 10.3. The second-order valence-electron chi connectivity index (χ2n) is 6.32. The molecule has 1 saturated carbocycles. The Labute approximate surface area is 129 Å². The molecule has 1 aliphatic rings. The summed E-state index contributed by atoms with van der Waals surface area (Å²) in [5.74, 6) is 3.10. The van der Waals surface area contributed by atoms with Gasteiger partial charge in [0.25, 0.3) is 0 Å². The van der Waals surface area contributed by atoms with Gasteiger partial charge in [0.2, 0.25) is 0 Å². The van der Waals surface area contributed by atoms with Crippen molar-refractivity contribution in [2.45, 2.75) is 51.9 Å². The van der Waals surface area contributed by atoms with E-state index in [1.54, 1.807) is 13.3 Å². The molecule has 0 radical (unpaired) electrons. The summed E-state index contributed by atoms with van der Waals surface area (Å²) < 4.78 is 5.35. The van der Waals surface area contributed by atoms with Crippen LogP contribution in [-0.4, -0.2) is 25.2 Å². The fourth-order valence-electron chi connectivity index (χ4n) is 3.56. The van der Waals surface area contributed by atoms with E-state index >= 15 is 0 Å². The molecule has 3 heteroatoms. The third-order valence-electron chi connectivity index (χ3n) is 4.91. The first-order chi connectivity index (χ1) is 10.3. The smallest absolute Gasteiger partial charge is 0.137 e. The number of hydrogen-bond acceptors (Lipinski definition) is 3. The summed E-state index contributed by atoms with van der Waals surface area (Å²) in [5, 5.41) is 3.61. The molecule has 3 nitrogen and oxygen atoms in total. The quantitative estimate of drug-likeness (QED) is 0.771. The summed E-state index contributed by atoms with van der Waals surface area (Å²) in [6.45, 7) is 6.80. The summed E-state index contributed by atoms with van der Waals surface area (Å²) in [4.78, 5) is 4.37. The Bertz CT molecular complexity index is 419. The first-order valence-corrected chi connectivity index (χ1v) is 8.48. The van der Waals surface area contributed by atoms with Crippen LogP contribution in [-0.2, 0) is 0 Å². The van der Waals surface area contributed by atoms with Crippen LogP contribution in [0, 0.1) is 11.8 Å². The van der Waals surface area contributed by atoms with E-state index in [0.717, 1.165) is 30.7 Å². The third-order valence-corrected chi connectivity index (χ3v) is 4.91. The van der Waals surface area contributed by atoms with Crippen molar-refractivity contribution in [1.29, 1.82) is 0 Å². The van der Waals surface area contributed by atoms with Crippen molar-refractivity contribution < 1.29 is 4.74 Å². The van der Waals surface area contributed by atoms with Crippen molar-refractivity contribution in [2.75, 3.05) is 20.2 Å². The van der Waals surface area contributed by atoms with Gasteiger partial charge in [-0.2, -0.15) is 0 Å². The molecule has 1 aliphatic carbocycles. The number of hydrogen-bond donors (Lipinski definition) is 1. The lowest BCUT2D eigenvalue weighted by Gasteiger charge is -2.36. The fourth-order valence-corrected chi connectivity index (χ4v) is 3.56. The zero-order valence-corrected chi connectivity index (χ0v) is 13.8. The Morgan fingerprint density at radius 3 is 2.86 bits per heavy atom. The van der Waals surface area contributed by atoms with Crippen LogP contribution in [0.25, 0.3) is 0 Å². The van der Waals surface area contributed by atoms with Gasteiger partial charge in [0.05, 0.1) is 13.3 Å². The molecule has 1 fully saturated rings. The van der Waals surface area contributed by atoms with Crippen molar-refractivity contribution in [3.63, 3.8) is 0 Å². The average molecular weight is 290 g/mol. The second-order valence-corrected chi connectivity index (χ2v) is 6.32. The van der Waals surface area contributed by atoms with Crippen LogP contribution in [0.1, 0.15) is 57.4 Å². The van der Waals surface area contributed by atoms with Crippen LogP contribution in [0.15, 0.2) is 18.5 Å². The SMILES string of the molecule is CCCNCC1CCC(CC)CC1c1cncc(OC)c1. The van der Waals surface area contributed by atoms with E-state index in [9.17, 15) is 0 Å². The molecule has 0 spiro atoms. The fraction of sp³-hybridized carbons (Fsp3) is 0.722. The van der Waals surface area contributed by atoms with E-state index < -0.39 is 0 Å². The van der Waals surface area contributed by atoms with Crippen molar-refractivity contribution in [3.05, 3.63) is 24.0 Å². The highest BCUT2D eigenvalue weighted by Gasteiger charge is 2.31. The number of aromatic nitrogens is 1. The molecule has 1 aromatic rings. The highest BCUT2D eigenvalue weighted by Crippen LogP contribution is 2.41. The van der Waals surface area contributed by atoms with Crippen molar-refractivity contribution >= 4 is 0 Å². The minimum Gasteiger partial charge on any atom is -0.495 e. The van der Waals surface area contributed by atoms with Gasteiger partial charge >= 0.3 is 0 Å². The van der Waals surface area contributed by atoms with Gasteiger partial charge < -0.3 is 10.1 Å². The van der Waals surface area contributed by atoms with E-state index in [0.29, 0.717) is 5.92 Å². The van der Waals surface area contributed by atoms with Crippen LogP contribution in [0.3, 0.4) is 0 Å². The van der Waals surface area contributed by atoms with Gasteiger partial charge in [-0.1, -0.05) is 26.7 Å². The van der Waals surface area contributed by atoms with Gasteiger partial charge in [-0.05, 0) is 61.7 Å². The van der Waals surface area contributed by atoms with E-state index in [1.165, 1.54) is 37.7 Å². The maximum atomic E-state index is 5.35. The van der Waals surface area contributed by atoms with Gasteiger partial charge in [0, 0.05) is 6.20 Å². The Morgan fingerprint density at radius 1 is 1.29 bits per heavy atom. The van der Waals surface area contributed by atoms with Crippen LogP contribution in [0.2, 0.25) is 0 Å². The molecule has 0 aromatic carbocycles. The second kappa shape index (κ2) is 8.38. The van der Waals surface area contributed by atoms with Crippen LogP contribution in [0.5, 0.6) is 5.75 Å². The third kappa shape index (κ3) is 4.44. The van der Waals surface area contributed by atoms with E-state index in [2.05, 4.69) is 30.2 Å². The van der Waals surface area contributed by atoms with Crippen LogP contribution < -0.4 is 10.1 Å². The first-order valence-electron chi connectivity index (χ1n) is 8.48. The molecule has 2 rings (SSSR count). The highest BCUT2D eigenvalue weighted by atomic mass is 16.5. The molecular weight excluding hydrogens is 260 g/mol. The number of rotatable bonds is 7. The lowest BCUT2D eigenvalue weighted by atomic mass is 9.70. The van der Waals surface area contributed by atoms with E-state index in [-0.39, 0.29) is 0 Å². The molecule has 0 saturated heterocycles. The number of methoxy groups -OCH3 is 1. The van der Waals surface area contributed by atoms with Crippen molar-refractivity contribution in [2.24, 2.45) is 11.8 Å². The summed E-state index contributed by atoms with van der Waals surface area (Å²) in [5.41, 5.74) is 1.36. The molecule has 0 aliphatic heterocycles. The number of nitrogens with zero attached hydrogens (tertiary/aromatic N) is 1. The molecule has 21 heavy (non-hydrogen) atoms. The van der Waals surface area contributed by atoms with Crippen molar-refractivity contribution in [3.8, 4) is 5.75 Å². The maximum Gasteiger partial charge on any atom is 0.137 e. The summed E-state index contributed by atoms with van der Waals surface area (Å²) in [7, 11) is 1.72. The molecule has 118 valence electrons. The normalized spacial score (nSPS) is 25.8. The zero-order valence-electron chi connectivity index (χ0n) is 13.8. The standard InChI is InChI=1S/C18H30N2O/c1-4-8-19-11-15-7-6-14(5-2)9-18(15)16-10-17(21-3)13-20-12-16/h10,12-15,18-19H,4-9,11H2,1-3H3. The maximum absolute atomic E-state index is 5.35. The molecule has 1 aromatic heterocycles. The van der Waals surface area contributed by atoms with E-state index in [4.69, 9.17) is 4.74 Å². The molecule has 0 bridgehead atoms. The number of nitrogens with one attached hydrogen (secondary N) is 1. The molecule has 1 N–H and O–H groups in total. The largest absolute Gasteiger partial charge is 0.495 e. The predicted octanol–water partition coefficient (Wildman–Crippen LogP) is 4.00. The minimum atomic E-state index is 0.621. The van der Waals surface area contributed by atoms with Gasteiger partial charge in [-0.3, -0.25) is 4.98 Å². The summed E-state index contributed by atoms with van der Waals surface area (Å²) >= 11 is 0. The lowest BCUT2D eigenvalue weighted by Crippen LogP contribution is -2.32. The number of pyridine rings is 1. The topological polar surface area (TPSA) is 34.2 Å². The van der Waals surface area contributed by atoms with Crippen LogP contribution in [0.4, 0.5) is 0 Å². The Hall–Kier alpha value is -1.09. The molecule has 0 amide bonds. The average Bonchev–Trinajstić information content (AvgIpc) is 2.55. The molecule has 3 unspecified atom stereocenters. The Morgan fingerprint density at radius 2 is 2.14 bits per heavy atom. The summed E-state index contributed by atoms with van der Waals surface area (Å²) in [6, 6.07) is 2.18. The molecule has 3 atom stereocenters. The van der Waals surface area contributed by atoms with Crippen LogP contribution >= 0.6 is 0 Å². The number of ether oxygens (including phenoxy) is 1. The zero-order chi connectivity index (χ0) is 15.1. The Balaban J connectivity index is 2.11. The van der Waals surface area contributed by atoms with E-state index in [1.807, 2.05) is 6.20 Å². The van der Waals surface area contributed by atoms with Gasteiger partial charge in [-0.15, -0.1) is 0 Å². The minimum absolute atomic E-state index is 0.621. The molecular formula is C18H30N2O. The highest BCUT2D eigenvalue weighted by molar-refractivity contribution is 5.27. The Kier molecular flexibility index (Phi) is 6.50. The van der Waals surface area contributed by atoms with Gasteiger partial charge in [0.15, 0.2) is 0 Å². The van der Waals surface area contributed by atoms with Gasteiger partial charge in [-0.25, -0.2) is 0 Å². The monoisotopic (exact) mass is 290 g/mol.